The maximum atomic E-state index is 13.8. The molecule has 2 N–H and O–H groups in total. The monoisotopic (exact) mass is 425 g/mol. The lowest BCUT2D eigenvalue weighted by atomic mass is 9.58. The van der Waals surface area contributed by atoms with Crippen molar-refractivity contribution >= 4 is 5.91 Å². The molecular formula is C26H39N3O2. The van der Waals surface area contributed by atoms with Gasteiger partial charge in [0.25, 0.3) is 0 Å². The SMILES string of the molecule is CC(C)CN1C[C@H]2C[C@]3(C(=O)NCC4CCCCO4)NC[C@H]2[C@H]1[C@H]3Cc1ccccc1. The molecule has 4 aliphatic heterocycles. The minimum Gasteiger partial charge on any atom is -0.376 e. The molecule has 6 atom stereocenters. The van der Waals surface area contributed by atoms with Crippen LogP contribution in [-0.2, 0) is 16.0 Å². The Morgan fingerprint density at radius 1 is 1.29 bits per heavy atom. The van der Waals surface area contributed by atoms with Crippen molar-refractivity contribution in [3.8, 4) is 0 Å². The summed E-state index contributed by atoms with van der Waals surface area (Å²) in [7, 11) is 0. The zero-order valence-electron chi connectivity index (χ0n) is 19.2. The van der Waals surface area contributed by atoms with Crippen LogP contribution in [0.2, 0.25) is 0 Å². The molecule has 1 unspecified atom stereocenters. The topological polar surface area (TPSA) is 53.6 Å². The fourth-order valence-electron chi connectivity index (χ4n) is 7.03. The fraction of sp³-hybridized carbons (Fsp3) is 0.731. The van der Waals surface area contributed by atoms with E-state index in [1.807, 2.05) is 0 Å². The predicted molar refractivity (Wildman–Crippen MR) is 123 cm³/mol. The lowest BCUT2D eigenvalue weighted by molar-refractivity contribution is -0.139. The summed E-state index contributed by atoms with van der Waals surface area (Å²) in [5.41, 5.74) is 0.887. The molecule has 1 amide bonds. The highest BCUT2D eigenvalue weighted by Gasteiger charge is 2.64. The van der Waals surface area contributed by atoms with Crippen LogP contribution in [0, 0.1) is 23.7 Å². The first kappa shape index (κ1) is 21.4. The standard InChI is InChI=1S/C26H39N3O2/c1-18(2)16-29-17-20-13-26(25(30)27-14-21-10-6-7-11-31-21)23(24(29)22(20)15-28-26)12-19-8-4-3-5-9-19/h3-5,8-9,18,20-24,28H,6-7,10-17H2,1-2H3,(H,27,30)/t20-,21?,22-,23-,24+,26+/m1/s1. The van der Waals surface area contributed by atoms with Crippen molar-refractivity contribution in [2.45, 2.75) is 63.6 Å². The number of ether oxygens (including phenoxy) is 1. The molecular weight excluding hydrogens is 386 g/mol. The van der Waals surface area contributed by atoms with Crippen LogP contribution in [0.25, 0.3) is 0 Å². The molecule has 5 aliphatic rings. The molecule has 1 saturated carbocycles. The Kier molecular flexibility index (Phi) is 6.11. The molecule has 4 bridgehead atoms. The van der Waals surface area contributed by atoms with Crippen LogP contribution in [0.1, 0.15) is 45.1 Å². The van der Waals surface area contributed by atoms with Gasteiger partial charge in [-0.25, -0.2) is 0 Å². The van der Waals surface area contributed by atoms with Crippen LogP contribution in [0.15, 0.2) is 30.3 Å². The number of amides is 1. The third-order valence-corrected chi connectivity index (χ3v) is 8.28. The summed E-state index contributed by atoms with van der Waals surface area (Å²) in [6.45, 7) is 9.38. The van der Waals surface area contributed by atoms with Gasteiger partial charge in [0, 0.05) is 44.7 Å². The summed E-state index contributed by atoms with van der Waals surface area (Å²) in [5.74, 6) is 2.47. The van der Waals surface area contributed by atoms with E-state index >= 15 is 0 Å². The second-order valence-electron chi connectivity index (χ2n) is 10.8. The first-order chi connectivity index (χ1) is 15.1. The number of piperidine rings is 2. The molecule has 4 heterocycles. The molecule has 5 fully saturated rings. The van der Waals surface area contributed by atoms with Gasteiger partial charge in [-0.3, -0.25) is 9.69 Å². The molecule has 0 spiro atoms. The minimum absolute atomic E-state index is 0.177. The number of rotatable bonds is 7. The van der Waals surface area contributed by atoms with Crippen LogP contribution in [0.5, 0.6) is 0 Å². The Hall–Kier alpha value is -1.43. The number of carbonyl (C=O) groups excluding carboxylic acids is 1. The van der Waals surface area contributed by atoms with Gasteiger partial charge in [-0.05, 0) is 55.4 Å². The van der Waals surface area contributed by atoms with E-state index in [1.54, 1.807) is 0 Å². The Morgan fingerprint density at radius 3 is 2.87 bits per heavy atom. The third-order valence-electron chi connectivity index (χ3n) is 8.28. The Balaban J connectivity index is 1.40. The molecule has 5 heteroatoms. The van der Waals surface area contributed by atoms with Gasteiger partial charge in [0.15, 0.2) is 0 Å². The van der Waals surface area contributed by atoms with Crippen molar-refractivity contribution in [3.05, 3.63) is 35.9 Å². The van der Waals surface area contributed by atoms with E-state index in [4.69, 9.17) is 4.74 Å². The fourth-order valence-corrected chi connectivity index (χ4v) is 7.03. The highest BCUT2D eigenvalue weighted by molar-refractivity contribution is 5.87. The van der Waals surface area contributed by atoms with Crippen LogP contribution in [0.3, 0.4) is 0 Å². The molecule has 1 aromatic carbocycles. The maximum absolute atomic E-state index is 13.8. The molecule has 6 rings (SSSR count). The average Bonchev–Trinajstić information content (AvgIpc) is 3.08. The quantitative estimate of drug-likeness (QED) is 0.705. The van der Waals surface area contributed by atoms with Gasteiger partial charge >= 0.3 is 0 Å². The number of carbonyl (C=O) groups is 1. The van der Waals surface area contributed by atoms with Gasteiger partial charge < -0.3 is 15.4 Å². The van der Waals surface area contributed by atoms with E-state index in [2.05, 4.69) is 59.7 Å². The second-order valence-corrected chi connectivity index (χ2v) is 10.8. The summed E-state index contributed by atoms with van der Waals surface area (Å²) >= 11 is 0. The van der Waals surface area contributed by atoms with Gasteiger partial charge in [0.05, 0.1) is 6.10 Å². The molecule has 5 nitrogen and oxygen atoms in total. The van der Waals surface area contributed by atoms with E-state index in [0.717, 1.165) is 51.9 Å². The van der Waals surface area contributed by atoms with Gasteiger partial charge in [0.1, 0.15) is 5.54 Å². The molecule has 170 valence electrons. The number of fused-ring (bicyclic) bond motifs is 1. The summed E-state index contributed by atoms with van der Waals surface area (Å²) in [6.07, 6.45) is 5.52. The van der Waals surface area contributed by atoms with Crippen LogP contribution >= 0.6 is 0 Å². The van der Waals surface area contributed by atoms with Crippen molar-refractivity contribution in [2.24, 2.45) is 23.7 Å². The van der Waals surface area contributed by atoms with Gasteiger partial charge in [0.2, 0.25) is 5.91 Å². The first-order valence-electron chi connectivity index (χ1n) is 12.5. The molecule has 31 heavy (non-hydrogen) atoms. The van der Waals surface area contributed by atoms with Crippen molar-refractivity contribution < 1.29 is 9.53 Å². The van der Waals surface area contributed by atoms with E-state index in [0.29, 0.717) is 36.3 Å². The van der Waals surface area contributed by atoms with Crippen molar-refractivity contribution in [1.29, 1.82) is 0 Å². The summed E-state index contributed by atoms with van der Waals surface area (Å²) in [4.78, 5) is 16.5. The Morgan fingerprint density at radius 2 is 2.13 bits per heavy atom. The smallest absolute Gasteiger partial charge is 0.240 e. The Bertz CT molecular complexity index is 763. The number of nitrogens with one attached hydrogen (secondary N) is 2. The number of nitrogens with zero attached hydrogens (tertiary/aromatic N) is 1. The summed E-state index contributed by atoms with van der Waals surface area (Å²) in [5, 5.41) is 7.12. The molecule has 0 radical (unpaired) electrons. The molecule has 0 aromatic heterocycles. The van der Waals surface area contributed by atoms with Crippen molar-refractivity contribution in [1.82, 2.24) is 15.5 Å². The van der Waals surface area contributed by atoms with Crippen LogP contribution in [0.4, 0.5) is 0 Å². The number of hydrogen-bond acceptors (Lipinski definition) is 4. The predicted octanol–water partition coefficient (Wildman–Crippen LogP) is 2.85. The minimum atomic E-state index is -0.458. The third kappa shape index (κ3) is 4.05. The van der Waals surface area contributed by atoms with Crippen LogP contribution < -0.4 is 10.6 Å². The second kappa shape index (κ2) is 8.84. The molecule has 1 aliphatic carbocycles. The Labute approximate surface area is 187 Å². The first-order valence-corrected chi connectivity index (χ1v) is 12.5. The highest BCUT2D eigenvalue weighted by Crippen LogP contribution is 2.53. The maximum Gasteiger partial charge on any atom is 0.240 e. The highest BCUT2D eigenvalue weighted by atomic mass is 16.5. The normalized spacial score (nSPS) is 37.3. The van der Waals surface area contributed by atoms with E-state index in [1.165, 1.54) is 12.0 Å². The van der Waals surface area contributed by atoms with Crippen molar-refractivity contribution in [2.75, 3.05) is 32.8 Å². The average molecular weight is 426 g/mol. The zero-order chi connectivity index (χ0) is 21.4. The molecule has 4 saturated heterocycles. The van der Waals surface area contributed by atoms with E-state index in [-0.39, 0.29) is 12.0 Å². The summed E-state index contributed by atoms with van der Waals surface area (Å²) in [6, 6.07) is 11.3. The van der Waals surface area contributed by atoms with Gasteiger partial charge in [-0.2, -0.15) is 0 Å². The van der Waals surface area contributed by atoms with Gasteiger partial charge in [-0.1, -0.05) is 44.2 Å². The lowest BCUT2D eigenvalue weighted by Gasteiger charge is -2.56. The largest absolute Gasteiger partial charge is 0.376 e. The van der Waals surface area contributed by atoms with E-state index in [9.17, 15) is 4.79 Å². The zero-order valence-corrected chi connectivity index (χ0v) is 19.2. The number of benzene rings is 1. The number of likely N-dealkylation sites (tertiary alicyclic amines) is 1. The lowest BCUT2D eigenvalue weighted by Crippen LogP contribution is -2.74. The van der Waals surface area contributed by atoms with E-state index < -0.39 is 5.54 Å². The van der Waals surface area contributed by atoms with Crippen molar-refractivity contribution in [3.63, 3.8) is 0 Å². The molecule has 1 aromatic rings. The van der Waals surface area contributed by atoms with Crippen LogP contribution in [-0.4, -0.2) is 61.3 Å². The number of hydrogen-bond donors (Lipinski definition) is 2. The van der Waals surface area contributed by atoms with Gasteiger partial charge in [-0.15, -0.1) is 0 Å². The summed E-state index contributed by atoms with van der Waals surface area (Å²) < 4.78 is 5.89.